The van der Waals surface area contributed by atoms with Gasteiger partial charge >= 0.3 is 0 Å². The van der Waals surface area contributed by atoms with Gasteiger partial charge in [-0.2, -0.15) is 0 Å². The molecule has 1 N–H and O–H groups in total. The van der Waals surface area contributed by atoms with Gasteiger partial charge in [-0.15, -0.1) is 0 Å². The summed E-state index contributed by atoms with van der Waals surface area (Å²) in [6, 6.07) is 22.1. The van der Waals surface area contributed by atoms with Gasteiger partial charge < -0.3 is 10.1 Å². The van der Waals surface area contributed by atoms with E-state index in [0.29, 0.717) is 5.92 Å². The maximum Gasteiger partial charge on any atom is 0.127 e. The van der Waals surface area contributed by atoms with Crippen molar-refractivity contribution in [1.29, 1.82) is 0 Å². The van der Waals surface area contributed by atoms with Gasteiger partial charge in [-0.1, -0.05) is 70.0 Å². The molecule has 42 heavy (non-hydrogen) atoms. The number of unbranched alkanes of at least 4 members (excludes halogenated alkanes) is 1. The molecule has 1 atom stereocenters. The second-order valence-electron chi connectivity index (χ2n) is 10.1. The van der Waals surface area contributed by atoms with E-state index in [4.69, 9.17) is 9.73 Å². The first-order chi connectivity index (χ1) is 20.4. The summed E-state index contributed by atoms with van der Waals surface area (Å²) in [5.74, 6) is 2.22. The molecule has 1 heterocycles. The number of nitrogens with zero attached hydrogens (tertiary/aromatic N) is 3. The molecule has 224 valence electrons. The molecule has 0 saturated carbocycles. The highest BCUT2D eigenvalue weighted by molar-refractivity contribution is 9.12. The zero-order valence-corrected chi connectivity index (χ0v) is 27.7. The largest absolute Gasteiger partial charge is 0.457 e. The van der Waals surface area contributed by atoms with Crippen LogP contribution in [-0.2, 0) is 13.0 Å². The zero-order chi connectivity index (χ0) is 30.6. The number of rotatable bonds is 14. The van der Waals surface area contributed by atoms with E-state index in [9.17, 15) is 0 Å². The van der Waals surface area contributed by atoms with Crippen molar-refractivity contribution in [3.63, 3.8) is 0 Å². The second kappa shape index (κ2) is 20.4. The van der Waals surface area contributed by atoms with Crippen LogP contribution in [0.25, 0.3) is 0 Å². The number of ether oxygens (including phenoxy) is 1. The van der Waals surface area contributed by atoms with Gasteiger partial charge in [0.2, 0.25) is 0 Å². The Bertz CT molecular complexity index is 1280. The first kappa shape index (κ1) is 34.7. The maximum atomic E-state index is 5.68. The molecule has 0 saturated heterocycles. The highest BCUT2D eigenvalue weighted by Crippen LogP contribution is 2.22. The van der Waals surface area contributed by atoms with Crippen LogP contribution < -0.4 is 10.1 Å². The third-order valence-electron chi connectivity index (χ3n) is 6.67. The van der Waals surface area contributed by atoms with E-state index in [0.717, 1.165) is 58.9 Å². The number of halogens is 1. The summed E-state index contributed by atoms with van der Waals surface area (Å²) in [6.07, 6.45) is 13.4. The summed E-state index contributed by atoms with van der Waals surface area (Å²) < 4.78 is 6.60. The number of pyridine rings is 1. The van der Waals surface area contributed by atoms with Crippen molar-refractivity contribution in [2.24, 2.45) is 15.9 Å². The Morgan fingerprint density at radius 2 is 1.67 bits per heavy atom. The molecule has 0 aliphatic rings. The third kappa shape index (κ3) is 13.4. The first-order valence-corrected chi connectivity index (χ1v) is 15.7. The van der Waals surface area contributed by atoms with E-state index >= 15 is 0 Å². The third-order valence-corrected chi connectivity index (χ3v) is 7.45. The van der Waals surface area contributed by atoms with E-state index in [-0.39, 0.29) is 0 Å². The number of benzene rings is 2. The quantitative estimate of drug-likeness (QED) is 0.180. The summed E-state index contributed by atoms with van der Waals surface area (Å²) in [7, 11) is 1.77. The Morgan fingerprint density at radius 1 is 0.952 bits per heavy atom. The first-order valence-electron chi connectivity index (χ1n) is 14.9. The van der Waals surface area contributed by atoms with Crippen LogP contribution in [0.5, 0.6) is 11.5 Å². The fourth-order valence-corrected chi connectivity index (χ4v) is 4.44. The minimum atomic E-state index is 0.453. The highest BCUT2D eigenvalue weighted by Gasteiger charge is 2.13. The van der Waals surface area contributed by atoms with Crippen LogP contribution in [0.4, 0.5) is 0 Å². The average molecular weight is 632 g/mol. The summed E-state index contributed by atoms with van der Waals surface area (Å²) in [6.45, 7) is 11.5. The van der Waals surface area contributed by atoms with Gasteiger partial charge in [0.15, 0.2) is 0 Å². The number of aliphatic imine (C=N–C) groups is 2. The Hall–Kier alpha value is -3.51. The SMILES string of the molecule is CCCCC(CC)C(/C=C(\C)NCc1cccnc1)=N/C(C)=C(\Br)C=NC.CCc1ccc(Oc2ccccc2)cc1. The van der Waals surface area contributed by atoms with Crippen LogP contribution in [0.1, 0.15) is 71.4 Å². The van der Waals surface area contributed by atoms with Gasteiger partial charge in [0, 0.05) is 49.5 Å². The van der Waals surface area contributed by atoms with Crippen molar-refractivity contribution in [3.05, 3.63) is 112 Å². The van der Waals surface area contributed by atoms with Gasteiger partial charge in [0.1, 0.15) is 11.5 Å². The smallest absolute Gasteiger partial charge is 0.127 e. The Kier molecular flexibility index (Phi) is 16.8. The number of hydrogen-bond donors (Lipinski definition) is 1. The Labute approximate surface area is 262 Å². The summed E-state index contributed by atoms with van der Waals surface area (Å²) in [4.78, 5) is 13.2. The molecular weight excluding hydrogens is 584 g/mol. The molecule has 2 aromatic carbocycles. The molecular formula is C36H47BrN4O. The number of hydrogen-bond acceptors (Lipinski definition) is 5. The minimum Gasteiger partial charge on any atom is -0.457 e. The van der Waals surface area contributed by atoms with Gasteiger partial charge in [-0.05, 0) is 96.6 Å². The molecule has 5 nitrogen and oxygen atoms in total. The molecule has 3 rings (SSSR count). The lowest BCUT2D eigenvalue weighted by Crippen LogP contribution is -2.17. The van der Waals surface area contributed by atoms with Crippen molar-refractivity contribution < 1.29 is 4.74 Å². The fraction of sp³-hybridized carbons (Fsp3) is 0.361. The molecule has 0 fully saturated rings. The number of para-hydroxylation sites is 1. The van der Waals surface area contributed by atoms with Crippen molar-refractivity contribution in [1.82, 2.24) is 10.3 Å². The minimum absolute atomic E-state index is 0.453. The monoisotopic (exact) mass is 630 g/mol. The van der Waals surface area contributed by atoms with Crippen LogP contribution >= 0.6 is 15.9 Å². The van der Waals surface area contributed by atoms with Crippen LogP contribution in [0.15, 0.2) is 111 Å². The van der Waals surface area contributed by atoms with Gasteiger partial charge in [-0.25, -0.2) is 0 Å². The molecule has 3 aromatic rings. The van der Waals surface area contributed by atoms with Crippen molar-refractivity contribution in [3.8, 4) is 11.5 Å². The highest BCUT2D eigenvalue weighted by atomic mass is 79.9. The topological polar surface area (TPSA) is 58.9 Å². The van der Waals surface area contributed by atoms with Crippen molar-refractivity contribution >= 4 is 27.9 Å². The predicted molar refractivity (Wildman–Crippen MR) is 184 cm³/mol. The van der Waals surface area contributed by atoms with E-state index < -0.39 is 0 Å². The molecule has 0 amide bonds. The predicted octanol–water partition coefficient (Wildman–Crippen LogP) is 10.1. The molecule has 0 aliphatic heterocycles. The van der Waals surface area contributed by atoms with E-state index in [1.165, 1.54) is 24.0 Å². The molecule has 0 bridgehead atoms. The number of allylic oxidation sites excluding steroid dienone is 4. The number of aromatic nitrogens is 1. The Balaban J connectivity index is 0.000000343. The number of aryl methyl sites for hydroxylation is 1. The van der Waals surface area contributed by atoms with Gasteiger partial charge in [0.05, 0.1) is 10.2 Å². The molecule has 0 radical (unpaired) electrons. The van der Waals surface area contributed by atoms with Crippen molar-refractivity contribution in [2.75, 3.05) is 7.05 Å². The normalized spacial score (nSPS) is 13.2. The van der Waals surface area contributed by atoms with Gasteiger partial charge in [0.25, 0.3) is 0 Å². The fourth-order valence-electron chi connectivity index (χ4n) is 4.14. The summed E-state index contributed by atoms with van der Waals surface area (Å²) in [5, 5.41) is 3.48. The van der Waals surface area contributed by atoms with Crippen LogP contribution in [0, 0.1) is 5.92 Å². The lowest BCUT2D eigenvalue weighted by atomic mass is 9.93. The standard InChI is InChI=1S/C22H33BrN4.C14H14O/c1-6-8-11-20(7-2)22(27-18(4)21(23)16-24-5)13-17(3)26-15-19-10-9-12-25-14-19;1-2-12-8-10-14(11-9-12)15-13-6-4-3-5-7-13/h9-10,12-14,16,20,26H,6-8,11,15H2,1-5H3;3-11H,2H2,1H3/b17-13+,21-18-,24-16?,27-22+;. The summed E-state index contributed by atoms with van der Waals surface area (Å²) in [5.41, 5.74) is 5.68. The lowest BCUT2D eigenvalue weighted by molar-refractivity contribution is 0.482. The summed E-state index contributed by atoms with van der Waals surface area (Å²) >= 11 is 3.56. The Morgan fingerprint density at radius 3 is 2.26 bits per heavy atom. The molecule has 1 unspecified atom stereocenters. The lowest BCUT2D eigenvalue weighted by Gasteiger charge is -2.17. The zero-order valence-electron chi connectivity index (χ0n) is 26.1. The van der Waals surface area contributed by atoms with E-state index in [1.807, 2.05) is 61.7 Å². The van der Waals surface area contributed by atoms with E-state index in [1.54, 1.807) is 19.5 Å². The average Bonchev–Trinajstić information content (AvgIpc) is 3.02. The van der Waals surface area contributed by atoms with Gasteiger partial charge in [-0.3, -0.25) is 15.0 Å². The molecule has 0 aliphatic carbocycles. The van der Waals surface area contributed by atoms with Crippen LogP contribution in [0.2, 0.25) is 0 Å². The van der Waals surface area contributed by atoms with E-state index in [2.05, 4.69) is 83.2 Å². The maximum absolute atomic E-state index is 5.68. The molecule has 0 spiro atoms. The second-order valence-corrected chi connectivity index (χ2v) is 10.9. The van der Waals surface area contributed by atoms with Crippen LogP contribution in [-0.4, -0.2) is 24.0 Å². The van der Waals surface area contributed by atoms with Crippen LogP contribution in [0.3, 0.4) is 0 Å². The number of nitrogens with one attached hydrogen (secondary N) is 1. The molecule has 1 aromatic heterocycles. The molecule has 6 heteroatoms. The van der Waals surface area contributed by atoms with Crippen molar-refractivity contribution in [2.45, 2.75) is 73.3 Å².